The summed E-state index contributed by atoms with van der Waals surface area (Å²) in [5.41, 5.74) is 5.81. The van der Waals surface area contributed by atoms with Crippen LogP contribution in [0.1, 0.15) is 25.7 Å². The van der Waals surface area contributed by atoms with E-state index in [4.69, 9.17) is 5.73 Å². The average molecular weight is 257 g/mol. The topological polar surface area (TPSA) is 70.9 Å². The number of aromatic amines is 1. The van der Waals surface area contributed by atoms with E-state index in [-0.39, 0.29) is 11.1 Å². The van der Waals surface area contributed by atoms with Crippen LogP contribution in [0.25, 0.3) is 10.8 Å². The van der Waals surface area contributed by atoms with Gasteiger partial charge in [0.25, 0.3) is 5.56 Å². The number of anilines is 1. The summed E-state index contributed by atoms with van der Waals surface area (Å²) in [5.74, 6) is 0.774. The highest BCUT2D eigenvalue weighted by Crippen LogP contribution is 2.31. The summed E-state index contributed by atoms with van der Waals surface area (Å²) < 4.78 is 0. The largest absolute Gasteiger partial charge is 0.365 e. The van der Waals surface area contributed by atoms with Crippen molar-refractivity contribution in [3.63, 3.8) is 0 Å². The van der Waals surface area contributed by atoms with Crippen LogP contribution in [-0.4, -0.2) is 17.1 Å². The van der Waals surface area contributed by atoms with Crippen molar-refractivity contribution in [3.8, 4) is 0 Å². The van der Waals surface area contributed by atoms with Crippen LogP contribution in [0, 0.1) is 0 Å². The van der Waals surface area contributed by atoms with E-state index in [0.29, 0.717) is 6.54 Å². The van der Waals surface area contributed by atoms with Crippen molar-refractivity contribution in [2.75, 3.05) is 11.9 Å². The third-order valence-corrected chi connectivity index (χ3v) is 4.10. The molecule has 1 aliphatic rings. The molecule has 4 N–H and O–H groups in total. The first-order valence-electron chi connectivity index (χ1n) is 6.83. The minimum Gasteiger partial charge on any atom is -0.365 e. The van der Waals surface area contributed by atoms with Crippen molar-refractivity contribution in [2.24, 2.45) is 5.73 Å². The zero-order valence-corrected chi connectivity index (χ0v) is 10.9. The summed E-state index contributed by atoms with van der Waals surface area (Å²) in [5, 5.41) is 5.14. The highest BCUT2D eigenvalue weighted by atomic mass is 16.1. The molecule has 1 heterocycles. The minimum atomic E-state index is -0.0502. The van der Waals surface area contributed by atoms with Crippen LogP contribution in [-0.2, 0) is 0 Å². The van der Waals surface area contributed by atoms with Gasteiger partial charge in [-0.3, -0.25) is 4.79 Å². The number of nitrogens with two attached hydrogens (primary N) is 1. The normalized spacial score (nSPS) is 17.7. The van der Waals surface area contributed by atoms with Gasteiger partial charge in [-0.05, 0) is 30.4 Å². The number of H-pyrrole nitrogens is 1. The summed E-state index contributed by atoms with van der Waals surface area (Å²) in [6, 6.07) is 9.61. The molecule has 0 radical (unpaired) electrons. The number of rotatable bonds is 3. The van der Waals surface area contributed by atoms with Gasteiger partial charge in [-0.2, -0.15) is 0 Å². The third-order valence-electron chi connectivity index (χ3n) is 4.10. The van der Waals surface area contributed by atoms with E-state index in [9.17, 15) is 4.79 Å². The number of aromatic nitrogens is 1. The zero-order chi connectivity index (χ0) is 13.3. The van der Waals surface area contributed by atoms with Crippen molar-refractivity contribution >= 4 is 16.6 Å². The second-order valence-electron chi connectivity index (χ2n) is 5.42. The SMILES string of the molecule is NCC1(Nc2cc3ccccc3c(=O)[nH]2)CCCC1. The number of hydrogen-bond acceptors (Lipinski definition) is 3. The lowest BCUT2D eigenvalue weighted by molar-refractivity contribution is 0.491. The molecular weight excluding hydrogens is 238 g/mol. The van der Waals surface area contributed by atoms with Crippen molar-refractivity contribution in [1.29, 1.82) is 0 Å². The molecule has 0 spiro atoms. The Hall–Kier alpha value is -1.81. The predicted molar refractivity (Wildman–Crippen MR) is 78.4 cm³/mol. The Balaban J connectivity index is 1.99. The maximum Gasteiger partial charge on any atom is 0.257 e. The second kappa shape index (κ2) is 4.70. The van der Waals surface area contributed by atoms with E-state index in [1.165, 1.54) is 12.8 Å². The molecule has 4 nitrogen and oxygen atoms in total. The average Bonchev–Trinajstić information content (AvgIpc) is 2.88. The molecule has 3 rings (SSSR count). The highest BCUT2D eigenvalue weighted by molar-refractivity contribution is 5.83. The quantitative estimate of drug-likeness (QED) is 0.789. The summed E-state index contributed by atoms with van der Waals surface area (Å²) in [7, 11) is 0. The van der Waals surface area contributed by atoms with Gasteiger partial charge in [-0.1, -0.05) is 31.0 Å². The number of benzene rings is 1. The predicted octanol–water partition coefficient (Wildman–Crippen LogP) is 2.21. The molecule has 0 amide bonds. The second-order valence-corrected chi connectivity index (χ2v) is 5.42. The number of nitrogens with one attached hydrogen (secondary N) is 2. The molecule has 1 aliphatic carbocycles. The van der Waals surface area contributed by atoms with Gasteiger partial charge in [-0.25, -0.2) is 0 Å². The van der Waals surface area contributed by atoms with Gasteiger partial charge >= 0.3 is 0 Å². The van der Waals surface area contributed by atoms with Gasteiger partial charge < -0.3 is 16.0 Å². The first-order valence-corrected chi connectivity index (χ1v) is 6.83. The summed E-state index contributed by atoms with van der Waals surface area (Å²) in [6.45, 7) is 0.599. The fourth-order valence-corrected chi connectivity index (χ4v) is 3.00. The molecule has 4 heteroatoms. The molecule has 1 fully saturated rings. The van der Waals surface area contributed by atoms with Crippen LogP contribution < -0.4 is 16.6 Å². The Morgan fingerprint density at radius 3 is 2.74 bits per heavy atom. The molecule has 0 bridgehead atoms. The van der Waals surface area contributed by atoms with Crippen LogP contribution >= 0.6 is 0 Å². The van der Waals surface area contributed by atoms with Crippen molar-refractivity contribution in [2.45, 2.75) is 31.2 Å². The lowest BCUT2D eigenvalue weighted by Gasteiger charge is -2.29. The lowest BCUT2D eigenvalue weighted by Crippen LogP contribution is -2.43. The van der Waals surface area contributed by atoms with Gasteiger partial charge in [0, 0.05) is 11.9 Å². The zero-order valence-electron chi connectivity index (χ0n) is 10.9. The van der Waals surface area contributed by atoms with Crippen LogP contribution in [0.3, 0.4) is 0 Å². The number of pyridine rings is 1. The van der Waals surface area contributed by atoms with Gasteiger partial charge in [0.15, 0.2) is 0 Å². The maximum atomic E-state index is 12.0. The van der Waals surface area contributed by atoms with E-state index in [1.54, 1.807) is 0 Å². The van der Waals surface area contributed by atoms with E-state index >= 15 is 0 Å². The van der Waals surface area contributed by atoms with Gasteiger partial charge in [0.05, 0.1) is 5.54 Å². The van der Waals surface area contributed by atoms with Gasteiger partial charge in [0.2, 0.25) is 0 Å². The molecule has 1 aromatic heterocycles. The Morgan fingerprint density at radius 1 is 1.26 bits per heavy atom. The Morgan fingerprint density at radius 2 is 2.00 bits per heavy atom. The van der Waals surface area contributed by atoms with E-state index in [0.717, 1.165) is 29.4 Å². The molecule has 0 atom stereocenters. The molecule has 0 aliphatic heterocycles. The Bertz CT molecular complexity index is 641. The van der Waals surface area contributed by atoms with Crippen molar-refractivity contribution < 1.29 is 0 Å². The van der Waals surface area contributed by atoms with Crippen LogP contribution in [0.2, 0.25) is 0 Å². The maximum absolute atomic E-state index is 12.0. The monoisotopic (exact) mass is 257 g/mol. The Labute approximate surface area is 112 Å². The summed E-state index contributed by atoms with van der Waals surface area (Å²) >= 11 is 0. The van der Waals surface area contributed by atoms with Gasteiger partial charge in [-0.15, -0.1) is 0 Å². The summed E-state index contributed by atoms with van der Waals surface area (Å²) in [4.78, 5) is 15.0. The van der Waals surface area contributed by atoms with E-state index in [2.05, 4.69) is 10.3 Å². The Kier molecular flexibility index (Phi) is 3.03. The number of hydrogen-bond donors (Lipinski definition) is 3. The van der Waals surface area contributed by atoms with Gasteiger partial charge in [0.1, 0.15) is 5.82 Å². The van der Waals surface area contributed by atoms with E-state index < -0.39 is 0 Å². The van der Waals surface area contributed by atoms with Crippen LogP contribution in [0.4, 0.5) is 5.82 Å². The van der Waals surface area contributed by atoms with Crippen LogP contribution in [0.5, 0.6) is 0 Å². The standard InChI is InChI=1S/C15H19N3O/c16-10-15(7-3-4-8-15)18-13-9-11-5-1-2-6-12(11)14(19)17-13/h1-2,5-6,9H,3-4,7-8,10,16H2,(H2,17,18,19). The molecule has 0 saturated heterocycles. The minimum absolute atomic E-state index is 0.0502. The molecule has 1 aromatic carbocycles. The van der Waals surface area contributed by atoms with Crippen molar-refractivity contribution in [3.05, 3.63) is 40.7 Å². The third kappa shape index (κ3) is 2.24. The van der Waals surface area contributed by atoms with Crippen molar-refractivity contribution in [1.82, 2.24) is 4.98 Å². The molecule has 100 valence electrons. The van der Waals surface area contributed by atoms with E-state index in [1.807, 2.05) is 30.3 Å². The number of fused-ring (bicyclic) bond motifs is 1. The molecule has 0 unspecified atom stereocenters. The molecule has 19 heavy (non-hydrogen) atoms. The summed E-state index contributed by atoms with van der Waals surface area (Å²) in [6.07, 6.45) is 4.53. The molecule has 2 aromatic rings. The molecule has 1 saturated carbocycles. The highest BCUT2D eigenvalue weighted by Gasteiger charge is 2.32. The lowest BCUT2D eigenvalue weighted by atomic mass is 9.98. The fourth-order valence-electron chi connectivity index (χ4n) is 3.00. The molecular formula is C15H19N3O. The fraction of sp³-hybridized carbons (Fsp3) is 0.400. The van der Waals surface area contributed by atoms with Crippen LogP contribution in [0.15, 0.2) is 35.1 Å². The smallest absolute Gasteiger partial charge is 0.257 e. The first kappa shape index (κ1) is 12.2. The first-order chi connectivity index (χ1) is 9.22.